The number of aromatic nitrogens is 1. The van der Waals surface area contributed by atoms with E-state index in [0.29, 0.717) is 27.7 Å². The summed E-state index contributed by atoms with van der Waals surface area (Å²) in [4.78, 5) is 30.8. The zero-order chi connectivity index (χ0) is 25.2. The summed E-state index contributed by atoms with van der Waals surface area (Å²) in [7, 11) is 2.65. The Bertz CT molecular complexity index is 1270. The van der Waals surface area contributed by atoms with Crippen LogP contribution in [0.5, 0.6) is 5.75 Å². The number of nitrogens with one attached hydrogen (secondary N) is 2. The highest BCUT2D eigenvalue weighted by atomic mass is 32.1. The van der Waals surface area contributed by atoms with Crippen LogP contribution in [0.4, 0.5) is 5.13 Å². The number of carbonyl (C=O) groups excluding carboxylic acids is 2. The van der Waals surface area contributed by atoms with E-state index in [2.05, 4.69) is 15.6 Å². The third-order valence-electron chi connectivity index (χ3n) is 6.19. The van der Waals surface area contributed by atoms with E-state index in [9.17, 15) is 14.7 Å². The SMILES string of the molecule is COC(=O)C1=C(C)NC(C)(Nc2nc(-c3ccccc3O)cs2)C(C(=O)OC)C1c1ccccc1. The average Bonchev–Trinajstić information content (AvgIpc) is 3.31. The first-order chi connectivity index (χ1) is 16.8. The minimum atomic E-state index is -1.07. The van der Waals surface area contributed by atoms with E-state index in [1.165, 1.54) is 25.6 Å². The van der Waals surface area contributed by atoms with E-state index < -0.39 is 29.4 Å². The van der Waals surface area contributed by atoms with Crippen molar-refractivity contribution in [3.8, 4) is 17.0 Å². The number of hydrogen-bond acceptors (Lipinski definition) is 9. The number of phenolic OH excluding ortho intramolecular Hbond substituents is 1. The van der Waals surface area contributed by atoms with Gasteiger partial charge in [0, 0.05) is 22.6 Å². The zero-order valence-electron chi connectivity index (χ0n) is 19.9. The first-order valence-corrected chi connectivity index (χ1v) is 11.9. The second-order valence-corrected chi connectivity index (χ2v) is 9.28. The highest BCUT2D eigenvalue weighted by Crippen LogP contribution is 2.45. The van der Waals surface area contributed by atoms with Gasteiger partial charge in [-0.15, -0.1) is 11.3 Å². The Hall–Kier alpha value is -3.85. The summed E-state index contributed by atoms with van der Waals surface area (Å²) in [5, 5.41) is 19.3. The molecule has 8 nitrogen and oxygen atoms in total. The van der Waals surface area contributed by atoms with Gasteiger partial charge in [0.2, 0.25) is 0 Å². The van der Waals surface area contributed by atoms with Gasteiger partial charge in [0.15, 0.2) is 5.13 Å². The molecule has 35 heavy (non-hydrogen) atoms. The molecular formula is C26H27N3O5S. The number of esters is 2. The van der Waals surface area contributed by atoms with Gasteiger partial charge in [-0.3, -0.25) is 4.79 Å². The van der Waals surface area contributed by atoms with Crippen LogP contribution >= 0.6 is 11.3 Å². The van der Waals surface area contributed by atoms with Crippen LogP contribution in [0.15, 0.2) is 71.2 Å². The molecule has 0 saturated carbocycles. The fraction of sp³-hybridized carbons (Fsp3) is 0.269. The van der Waals surface area contributed by atoms with Crippen molar-refractivity contribution in [1.82, 2.24) is 10.3 Å². The topological polar surface area (TPSA) is 110 Å². The molecule has 0 aliphatic carbocycles. The summed E-state index contributed by atoms with van der Waals surface area (Å²) in [5.41, 5.74) is 1.87. The summed E-state index contributed by atoms with van der Waals surface area (Å²) < 4.78 is 10.3. The van der Waals surface area contributed by atoms with Crippen LogP contribution in [-0.2, 0) is 19.1 Å². The standard InChI is InChI=1S/C26H27N3O5S/c1-15-20(23(31)33-3)21(16-10-6-5-7-11-16)22(24(32)34-4)26(2,28-15)29-25-27-18(14-35-25)17-12-8-9-13-19(17)30/h5-14,21-22,28,30H,1-4H3,(H,27,29). The van der Waals surface area contributed by atoms with Gasteiger partial charge in [0.05, 0.1) is 25.5 Å². The van der Waals surface area contributed by atoms with Gasteiger partial charge in [0.1, 0.15) is 17.3 Å². The van der Waals surface area contributed by atoms with E-state index >= 15 is 0 Å². The molecule has 2 aromatic carbocycles. The minimum Gasteiger partial charge on any atom is -0.507 e. The van der Waals surface area contributed by atoms with Gasteiger partial charge >= 0.3 is 11.9 Å². The molecule has 0 spiro atoms. The molecule has 3 unspecified atom stereocenters. The number of ether oxygens (including phenoxy) is 2. The van der Waals surface area contributed by atoms with E-state index in [1.54, 1.807) is 25.1 Å². The molecule has 2 heterocycles. The predicted molar refractivity (Wildman–Crippen MR) is 134 cm³/mol. The normalized spacial score (nSPS) is 21.7. The number of benzene rings is 2. The Labute approximate surface area is 207 Å². The van der Waals surface area contributed by atoms with Crippen molar-refractivity contribution in [2.75, 3.05) is 19.5 Å². The highest BCUT2D eigenvalue weighted by molar-refractivity contribution is 7.14. The minimum absolute atomic E-state index is 0.129. The van der Waals surface area contributed by atoms with Crippen LogP contribution in [0.25, 0.3) is 11.3 Å². The van der Waals surface area contributed by atoms with Gasteiger partial charge in [-0.05, 0) is 31.5 Å². The molecule has 1 aliphatic heterocycles. The second-order valence-electron chi connectivity index (χ2n) is 8.43. The zero-order valence-corrected chi connectivity index (χ0v) is 20.7. The molecule has 1 aromatic heterocycles. The summed E-state index contributed by atoms with van der Waals surface area (Å²) in [5.74, 6) is -2.36. The molecule has 3 N–H and O–H groups in total. The first-order valence-electron chi connectivity index (χ1n) is 11.0. The highest BCUT2D eigenvalue weighted by Gasteiger charge is 2.52. The summed E-state index contributed by atoms with van der Waals surface area (Å²) in [6.45, 7) is 3.62. The Morgan fingerprint density at radius 1 is 1.09 bits per heavy atom. The van der Waals surface area contributed by atoms with Crippen molar-refractivity contribution in [3.63, 3.8) is 0 Å². The Morgan fingerprint density at radius 3 is 2.43 bits per heavy atom. The molecule has 182 valence electrons. The largest absolute Gasteiger partial charge is 0.507 e. The molecule has 0 radical (unpaired) electrons. The number of para-hydroxylation sites is 1. The number of phenols is 1. The lowest BCUT2D eigenvalue weighted by Gasteiger charge is -2.46. The van der Waals surface area contributed by atoms with Crippen LogP contribution in [0.3, 0.4) is 0 Å². The van der Waals surface area contributed by atoms with Crippen LogP contribution < -0.4 is 10.6 Å². The molecule has 0 amide bonds. The molecule has 1 aliphatic rings. The fourth-order valence-corrected chi connectivity index (χ4v) is 5.48. The Kier molecular flexibility index (Phi) is 6.79. The van der Waals surface area contributed by atoms with Crippen molar-refractivity contribution in [1.29, 1.82) is 0 Å². The van der Waals surface area contributed by atoms with Crippen LogP contribution in [0, 0.1) is 5.92 Å². The third kappa shape index (κ3) is 4.59. The summed E-state index contributed by atoms with van der Waals surface area (Å²) >= 11 is 1.34. The number of nitrogens with zero attached hydrogens (tertiary/aromatic N) is 1. The number of rotatable bonds is 6. The maximum absolute atomic E-state index is 13.3. The number of allylic oxidation sites excluding steroid dienone is 1. The van der Waals surface area contributed by atoms with Crippen molar-refractivity contribution in [2.24, 2.45) is 5.92 Å². The molecule has 9 heteroatoms. The van der Waals surface area contributed by atoms with E-state index in [4.69, 9.17) is 9.47 Å². The Morgan fingerprint density at radius 2 is 1.77 bits per heavy atom. The summed E-state index contributed by atoms with van der Waals surface area (Å²) in [6.07, 6.45) is 0. The van der Waals surface area contributed by atoms with Gasteiger partial charge in [-0.25, -0.2) is 9.78 Å². The smallest absolute Gasteiger partial charge is 0.336 e. The molecule has 4 rings (SSSR count). The van der Waals surface area contributed by atoms with Gasteiger partial charge in [-0.1, -0.05) is 42.5 Å². The van der Waals surface area contributed by atoms with Crippen molar-refractivity contribution < 1.29 is 24.2 Å². The number of methoxy groups -OCH3 is 2. The Balaban J connectivity index is 1.80. The lowest BCUT2D eigenvalue weighted by Crippen LogP contribution is -2.62. The van der Waals surface area contributed by atoms with E-state index in [-0.39, 0.29) is 5.75 Å². The van der Waals surface area contributed by atoms with Crippen LogP contribution in [0.1, 0.15) is 25.3 Å². The van der Waals surface area contributed by atoms with Crippen LogP contribution in [0.2, 0.25) is 0 Å². The van der Waals surface area contributed by atoms with Crippen LogP contribution in [-0.4, -0.2) is 41.9 Å². The predicted octanol–water partition coefficient (Wildman–Crippen LogP) is 4.27. The van der Waals surface area contributed by atoms with Gasteiger partial charge in [0.25, 0.3) is 0 Å². The molecule has 0 saturated heterocycles. The number of hydrogen-bond donors (Lipinski definition) is 3. The number of thiazole rings is 1. The lowest BCUT2D eigenvalue weighted by molar-refractivity contribution is -0.149. The average molecular weight is 494 g/mol. The molecular weight excluding hydrogens is 466 g/mol. The number of carbonyl (C=O) groups is 2. The molecule has 0 fully saturated rings. The lowest BCUT2D eigenvalue weighted by atomic mass is 9.71. The van der Waals surface area contributed by atoms with Crippen molar-refractivity contribution in [3.05, 3.63) is 76.8 Å². The second kappa shape index (κ2) is 9.79. The quantitative estimate of drug-likeness (QED) is 0.437. The maximum Gasteiger partial charge on any atom is 0.336 e. The van der Waals surface area contributed by atoms with E-state index in [1.807, 2.05) is 48.7 Å². The fourth-order valence-electron chi connectivity index (χ4n) is 4.65. The summed E-state index contributed by atoms with van der Waals surface area (Å²) in [6, 6.07) is 16.3. The number of anilines is 1. The monoisotopic (exact) mass is 493 g/mol. The van der Waals surface area contributed by atoms with E-state index in [0.717, 1.165) is 5.56 Å². The number of aromatic hydroxyl groups is 1. The maximum atomic E-state index is 13.3. The molecule has 3 atom stereocenters. The third-order valence-corrected chi connectivity index (χ3v) is 6.95. The molecule has 3 aromatic rings. The van der Waals surface area contributed by atoms with Gasteiger partial charge < -0.3 is 25.2 Å². The first kappa shape index (κ1) is 24.3. The van der Waals surface area contributed by atoms with Crippen molar-refractivity contribution in [2.45, 2.75) is 25.4 Å². The van der Waals surface area contributed by atoms with Gasteiger partial charge in [-0.2, -0.15) is 0 Å². The van der Waals surface area contributed by atoms with Crippen molar-refractivity contribution >= 4 is 28.4 Å². The molecule has 0 bridgehead atoms.